The molecule has 0 aliphatic heterocycles. The van der Waals surface area contributed by atoms with Crippen molar-refractivity contribution >= 4 is 28.6 Å². The summed E-state index contributed by atoms with van der Waals surface area (Å²) in [6.45, 7) is 0. The Morgan fingerprint density at radius 1 is 0.743 bits per heavy atom. The highest BCUT2D eigenvalue weighted by Crippen LogP contribution is 2.45. The molecule has 35 heavy (non-hydrogen) atoms. The molecule has 3 aromatic carbocycles. The van der Waals surface area contributed by atoms with Gasteiger partial charge in [0.2, 0.25) is 0 Å². The normalized spacial score (nSPS) is 10.8. The minimum absolute atomic E-state index is 0.267. The summed E-state index contributed by atoms with van der Waals surface area (Å²) in [4.78, 5) is 18.5. The molecule has 2 heterocycles. The first-order valence-corrected chi connectivity index (χ1v) is 12.5. The monoisotopic (exact) mass is 499 g/mol. The summed E-state index contributed by atoms with van der Waals surface area (Å²) in [5.74, 6) is 0.658. The third-order valence-corrected chi connectivity index (χ3v) is 7.82. The smallest absolute Gasteiger partial charge is 0.335 e. The molecule has 7 heteroatoms. The van der Waals surface area contributed by atoms with Crippen molar-refractivity contribution in [1.82, 2.24) is 4.98 Å². The van der Waals surface area contributed by atoms with E-state index in [1.165, 1.54) is 0 Å². The van der Waals surface area contributed by atoms with Gasteiger partial charge in [0.25, 0.3) is 0 Å². The molecule has 0 amide bonds. The lowest BCUT2D eigenvalue weighted by Crippen LogP contribution is -1.94. The molecule has 5 rings (SSSR count). The molecule has 0 atom stereocenters. The van der Waals surface area contributed by atoms with Crippen molar-refractivity contribution in [2.45, 2.75) is 0 Å². The number of hydrogen-bond donors (Lipinski definition) is 1. The highest BCUT2D eigenvalue weighted by Gasteiger charge is 2.20. The van der Waals surface area contributed by atoms with E-state index in [0.717, 1.165) is 54.2 Å². The van der Waals surface area contributed by atoms with Crippen LogP contribution in [0, 0.1) is 0 Å². The Morgan fingerprint density at radius 3 is 1.89 bits per heavy atom. The Hall–Kier alpha value is -3.94. The Kier molecular flexibility index (Phi) is 6.35. The maximum Gasteiger partial charge on any atom is 0.335 e. The lowest BCUT2D eigenvalue weighted by molar-refractivity contribution is 0.0697. The van der Waals surface area contributed by atoms with Crippen LogP contribution >= 0.6 is 22.7 Å². The maximum absolute atomic E-state index is 11.3. The zero-order valence-electron chi connectivity index (χ0n) is 19.0. The molecule has 0 spiro atoms. The molecule has 0 bridgehead atoms. The molecule has 0 aliphatic rings. The van der Waals surface area contributed by atoms with E-state index in [-0.39, 0.29) is 5.56 Å². The molecular weight excluding hydrogens is 478 g/mol. The van der Waals surface area contributed by atoms with Gasteiger partial charge in [-0.15, -0.1) is 22.7 Å². The average Bonchev–Trinajstić information content (AvgIpc) is 3.56. The topological polar surface area (TPSA) is 68.7 Å². The van der Waals surface area contributed by atoms with E-state index in [0.29, 0.717) is 0 Å². The summed E-state index contributed by atoms with van der Waals surface area (Å²) in [5, 5.41) is 12.2. The number of aromatic carboxylic acids is 1. The number of nitrogens with zero attached hydrogens (tertiary/aromatic N) is 1. The number of carboxylic acid groups (broad SMARTS) is 1. The quantitative estimate of drug-likeness (QED) is 0.250. The van der Waals surface area contributed by atoms with Crippen LogP contribution in [0.1, 0.15) is 10.4 Å². The van der Waals surface area contributed by atoms with Crippen molar-refractivity contribution in [3.05, 3.63) is 89.8 Å². The fourth-order valence-corrected chi connectivity index (χ4v) is 5.91. The summed E-state index contributed by atoms with van der Waals surface area (Å²) in [7, 11) is 3.31. The van der Waals surface area contributed by atoms with Crippen LogP contribution in [0.5, 0.6) is 11.5 Å². The minimum Gasteiger partial charge on any atom is -0.497 e. The van der Waals surface area contributed by atoms with Gasteiger partial charge >= 0.3 is 5.97 Å². The molecule has 0 fully saturated rings. The number of carboxylic acids is 1. The molecule has 0 saturated heterocycles. The van der Waals surface area contributed by atoms with Gasteiger partial charge in [-0.3, -0.25) is 0 Å². The van der Waals surface area contributed by atoms with E-state index < -0.39 is 5.97 Å². The van der Waals surface area contributed by atoms with Crippen LogP contribution < -0.4 is 9.47 Å². The predicted molar refractivity (Wildman–Crippen MR) is 142 cm³/mol. The van der Waals surface area contributed by atoms with Crippen LogP contribution in [-0.2, 0) is 0 Å². The van der Waals surface area contributed by atoms with Gasteiger partial charge in [-0.05, 0) is 83.2 Å². The minimum atomic E-state index is -0.935. The van der Waals surface area contributed by atoms with Crippen molar-refractivity contribution < 1.29 is 19.4 Å². The second-order valence-corrected chi connectivity index (χ2v) is 9.61. The molecule has 0 radical (unpaired) electrons. The number of thiazole rings is 1. The van der Waals surface area contributed by atoms with Gasteiger partial charge in [-0.2, -0.15) is 0 Å². The highest BCUT2D eigenvalue weighted by molar-refractivity contribution is 7.23. The summed E-state index contributed by atoms with van der Waals surface area (Å²) in [6, 6.07) is 24.9. The van der Waals surface area contributed by atoms with Gasteiger partial charge in [0.1, 0.15) is 16.5 Å². The van der Waals surface area contributed by atoms with Gasteiger partial charge in [0.15, 0.2) is 0 Å². The number of hydrogen-bond acceptors (Lipinski definition) is 6. The van der Waals surface area contributed by atoms with Crippen molar-refractivity contribution in [3.8, 4) is 54.2 Å². The zero-order chi connectivity index (χ0) is 24.4. The van der Waals surface area contributed by atoms with E-state index in [1.807, 2.05) is 66.0 Å². The fourth-order valence-electron chi connectivity index (χ4n) is 3.79. The molecule has 0 aliphatic carbocycles. The lowest BCUT2D eigenvalue weighted by Gasteiger charge is -2.05. The molecule has 0 unspecified atom stereocenters. The van der Waals surface area contributed by atoms with Crippen LogP contribution in [0.15, 0.2) is 84.2 Å². The number of carbonyl (C=O) groups is 1. The fraction of sp³-hybridized carbons (Fsp3) is 0.0714. The molecule has 5 aromatic rings. The molecule has 2 aromatic heterocycles. The van der Waals surface area contributed by atoms with Crippen LogP contribution in [0.25, 0.3) is 42.7 Å². The largest absolute Gasteiger partial charge is 0.497 e. The second-order valence-electron chi connectivity index (χ2n) is 7.70. The van der Waals surface area contributed by atoms with Crippen LogP contribution in [-0.4, -0.2) is 30.3 Å². The van der Waals surface area contributed by atoms with E-state index in [1.54, 1.807) is 49.0 Å². The van der Waals surface area contributed by atoms with Crippen LogP contribution in [0.2, 0.25) is 0 Å². The van der Waals surface area contributed by atoms with Crippen LogP contribution in [0.3, 0.4) is 0 Å². The number of aromatic nitrogens is 1. The van der Waals surface area contributed by atoms with Crippen molar-refractivity contribution in [2.24, 2.45) is 0 Å². The standard InChI is InChI=1S/C28H21NO4S2/c1-32-21-11-7-18(8-12-21)24-25(19-9-13-22(33-2)14-10-19)35-27(29-24)26-23(15-16-34-26)17-3-5-20(6-4-17)28(30)31/h3-16H,1-2H3,(H,30,31). The van der Waals surface area contributed by atoms with E-state index in [2.05, 4.69) is 6.07 Å². The first-order valence-electron chi connectivity index (χ1n) is 10.8. The second kappa shape index (κ2) is 9.74. The first kappa shape index (κ1) is 22.8. The average molecular weight is 500 g/mol. The van der Waals surface area contributed by atoms with E-state index in [4.69, 9.17) is 14.5 Å². The van der Waals surface area contributed by atoms with Crippen molar-refractivity contribution in [3.63, 3.8) is 0 Å². The number of rotatable bonds is 7. The number of thiophene rings is 1. The Bertz CT molecular complexity index is 1400. The Labute approximate surface area is 210 Å². The Morgan fingerprint density at radius 2 is 1.31 bits per heavy atom. The van der Waals surface area contributed by atoms with Gasteiger partial charge in [0, 0.05) is 11.1 Å². The number of methoxy groups -OCH3 is 2. The third kappa shape index (κ3) is 4.56. The maximum atomic E-state index is 11.3. The van der Waals surface area contributed by atoms with Crippen LogP contribution in [0.4, 0.5) is 0 Å². The number of ether oxygens (including phenoxy) is 2. The first-order chi connectivity index (χ1) is 17.1. The van der Waals surface area contributed by atoms with E-state index in [9.17, 15) is 9.90 Å². The number of benzene rings is 3. The highest BCUT2D eigenvalue weighted by atomic mass is 32.1. The molecule has 1 N–H and O–H groups in total. The van der Waals surface area contributed by atoms with Crippen molar-refractivity contribution in [1.29, 1.82) is 0 Å². The molecular formula is C28H21NO4S2. The lowest BCUT2D eigenvalue weighted by atomic mass is 10.0. The van der Waals surface area contributed by atoms with Gasteiger partial charge in [0.05, 0.1) is 35.2 Å². The van der Waals surface area contributed by atoms with E-state index >= 15 is 0 Å². The predicted octanol–water partition coefficient (Wildman–Crippen LogP) is 7.59. The Balaban J connectivity index is 1.62. The molecule has 0 saturated carbocycles. The molecule has 5 nitrogen and oxygen atoms in total. The van der Waals surface area contributed by atoms with Gasteiger partial charge in [-0.1, -0.05) is 12.1 Å². The summed E-state index contributed by atoms with van der Waals surface area (Å²) in [6.07, 6.45) is 0. The zero-order valence-corrected chi connectivity index (χ0v) is 20.7. The third-order valence-electron chi connectivity index (χ3n) is 5.65. The van der Waals surface area contributed by atoms with Gasteiger partial charge in [-0.25, -0.2) is 9.78 Å². The van der Waals surface area contributed by atoms with Gasteiger partial charge < -0.3 is 14.6 Å². The summed E-state index contributed by atoms with van der Waals surface area (Å²) < 4.78 is 10.7. The SMILES string of the molecule is COc1ccc(-c2nc(-c3sccc3-c3ccc(C(=O)O)cc3)sc2-c2ccc(OC)cc2)cc1. The molecule has 174 valence electrons. The summed E-state index contributed by atoms with van der Waals surface area (Å²) >= 11 is 3.26. The summed E-state index contributed by atoms with van der Waals surface area (Å²) in [5.41, 5.74) is 5.22. The van der Waals surface area contributed by atoms with Crippen molar-refractivity contribution in [2.75, 3.05) is 14.2 Å².